The van der Waals surface area contributed by atoms with Gasteiger partial charge in [0.1, 0.15) is 5.82 Å². The molecule has 0 bridgehead atoms. The summed E-state index contributed by atoms with van der Waals surface area (Å²) in [7, 11) is 1.96. The molecule has 21 heavy (non-hydrogen) atoms. The van der Waals surface area contributed by atoms with E-state index in [-0.39, 0.29) is 24.1 Å². The first-order chi connectivity index (χ1) is 9.61. The number of nitrogens with zero attached hydrogens (tertiary/aromatic N) is 1. The highest BCUT2D eigenvalue weighted by molar-refractivity contribution is 5.95. The van der Waals surface area contributed by atoms with E-state index >= 15 is 0 Å². The lowest BCUT2D eigenvalue weighted by atomic mass is 9.93. The number of hydrogen-bond donors (Lipinski definition) is 1. The van der Waals surface area contributed by atoms with Gasteiger partial charge in [-0.25, -0.2) is 4.39 Å². The Morgan fingerprint density at radius 1 is 1.38 bits per heavy atom. The van der Waals surface area contributed by atoms with Gasteiger partial charge < -0.3 is 10.2 Å². The zero-order valence-electron chi connectivity index (χ0n) is 12.7. The van der Waals surface area contributed by atoms with Crippen LogP contribution < -0.4 is 5.32 Å². The summed E-state index contributed by atoms with van der Waals surface area (Å²) in [6, 6.07) is 4.42. The van der Waals surface area contributed by atoms with Crippen LogP contribution in [0.3, 0.4) is 0 Å². The number of likely N-dealkylation sites (tertiary alicyclic amines) is 1. The van der Waals surface area contributed by atoms with E-state index in [9.17, 15) is 9.18 Å². The SMILES string of the molecule is CNCCC1CCN(C(=O)c2cc(F)ccc2C)CC1.Cl. The predicted octanol–water partition coefficient (Wildman–Crippen LogP) is 3.02. The second kappa shape index (κ2) is 8.35. The van der Waals surface area contributed by atoms with Crippen LogP contribution in [0.5, 0.6) is 0 Å². The van der Waals surface area contributed by atoms with Crippen LogP contribution in [0.1, 0.15) is 35.2 Å². The largest absolute Gasteiger partial charge is 0.339 e. The molecule has 0 aliphatic carbocycles. The van der Waals surface area contributed by atoms with Crippen LogP contribution in [-0.2, 0) is 0 Å². The fourth-order valence-electron chi connectivity index (χ4n) is 2.77. The third-order valence-corrected chi connectivity index (χ3v) is 4.13. The molecule has 1 aliphatic heterocycles. The topological polar surface area (TPSA) is 32.3 Å². The number of carbonyl (C=O) groups is 1. The van der Waals surface area contributed by atoms with Crippen LogP contribution in [0.2, 0.25) is 0 Å². The van der Waals surface area contributed by atoms with Crippen molar-refractivity contribution in [1.29, 1.82) is 0 Å². The van der Waals surface area contributed by atoms with E-state index in [1.165, 1.54) is 12.1 Å². The second-order valence-corrected chi connectivity index (χ2v) is 5.59. The minimum atomic E-state index is -0.345. The smallest absolute Gasteiger partial charge is 0.254 e. The van der Waals surface area contributed by atoms with Crippen LogP contribution >= 0.6 is 12.4 Å². The fraction of sp³-hybridized carbons (Fsp3) is 0.562. The molecule has 1 heterocycles. The summed E-state index contributed by atoms with van der Waals surface area (Å²) >= 11 is 0. The number of piperidine rings is 1. The minimum Gasteiger partial charge on any atom is -0.339 e. The van der Waals surface area contributed by atoms with Crippen molar-refractivity contribution in [2.45, 2.75) is 26.2 Å². The average molecular weight is 315 g/mol. The first-order valence-corrected chi connectivity index (χ1v) is 7.32. The number of nitrogens with one attached hydrogen (secondary N) is 1. The molecule has 0 spiro atoms. The minimum absolute atomic E-state index is 0. The molecule has 1 aliphatic rings. The first kappa shape index (κ1) is 17.9. The monoisotopic (exact) mass is 314 g/mol. The summed E-state index contributed by atoms with van der Waals surface area (Å²) in [5, 5.41) is 3.17. The number of halogens is 2. The molecule has 1 saturated heterocycles. The van der Waals surface area contributed by atoms with Crippen molar-refractivity contribution < 1.29 is 9.18 Å². The fourth-order valence-corrected chi connectivity index (χ4v) is 2.77. The summed E-state index contributed by atoms with van der Waals surface area (Å²) in [5.74, 6) is 0.317. The maximum absolute atomic E-state index is 13.3. The summed E-state index contributed by atoms with van der Waals surface area (Å²) in [4.78, 5) is 14.3. The van der Waals surface area contributed by atoms with E-state index in [4.69, 9.17) is 0 Å². The molecule has 0 atom stereocenters. The van der Waals surface area contributed by atoms with Crippen molar-refractivity contribution in [3.63, 3.8) is 0 Å². The average Bonchev–Trinajstić information content (AvgIpc) is 2.47. The summed E-state index contributed by atoms with van der Waals surface area (Å²) < 4.78 is 13.3. The molecular formula is C16H24ClFN2O. The third-order valence-electron chi connectivity index (χ3n) is 4.13. The van der Waals surface area contributed by atoms with Crippen molar-refractivity contribution >= 4 is 18.3 Å². The zero-order chi connectivity index (χ0) is 14.5. The molecule has 1 fully saturated rings. The van der Waals surface area contributed by atoms with Gasteiger partial charge in [-0.05, 0) is 63.4 Å². The standard InChI is InChI=1S/C16H23FN2O.ClH/c1-12-3-4-14(17)11-15(12)16(20)19-9-6-13(7-10-19)5-8-18-2;/h3-4,11,13,18H,5-10H2,1-2H3;1H. The van der Waals surface area contributed by atoms with Crippen LogP contribution in [0.25, 0.3) is 0 Å². The van der Waals surface area contributed by atoms with Crippen LogP contribution in [-0.4, -0.2) is 37.5 Å². The normalized spacial score (nSPS) is 15.7. The maximum atomic E-state index is 13.3. The van der Waals surface area contributed by atoms with Crippen LogP contribution in [0.4, 0.5) is 4.39 Å². The number of carbonyl (C=O) groups excluding carboxylic acids is 1. The van der Waals surface area contributed by atoms with Gasteiger partial charge in [0.2, 0.25) is 0 Å². The van der Waals surface area contributed by atoms with Crippen molar-refractivity contribution in [2.75, 3.05) is 26.7 Å². The van der Waals surface area contributed by atoms with Gasteiger partial charge in [-0.2, -0.15) is 0 Å². The highest BCUT2D eigenvalue weighted by atomic mass is 35.5. The number of aryl methyl sites for hydroxylation is 1. The summed E-state index contributed by atoms with van der Waals surface area (Å²) in [6.45, 7) is 4.44. The van der Waals surface area contributed by atoms with Gasteiger partial charge in [0.05, 0.1) is 0 Å². The predicted molar refractivity (Wildman–Crippen MR) is 85.6 cm³/mol. The lowest BCUT2D eigenvalue weighted by Crippen LogP contribution is -2.39. The Balaban J connectivity index is 0.00000220. The van der Waals surface area contributed by atoms with Crippen LogP contribution in [0.15, 0.2) is 18.2 Å². The van der Waals surface area contributed by atoms with Gasteiger partial charge in [0.15, 0.2) is 0 Å². The highest BCUT2D eigenvalue weighted by Crippen LogP contribution is 2.22. The number of benzene rings is 1. The van der Waals surface area contributed by atoms with E-state index in [0.717, 1.165) is 44.5 Å². The molecule has 0 saturated carbocycles. The first-order valence-electron chi connectivity index (χ1n) is 7.32. The lowest BCUT2D eigenvalue weighted by molar-refractivity contribution is 0.0686. The number of amides is 1. The zero-order valence-corrected chi connectivity index (χ0v) is 13.5. The quantitative estimate of drug-likeness (QED) is 0.926. The van der Waals surface area contributed by atoms with E-state index in [0.29, 0.717) is 11.5 Å². The maximum Gasteiger partial charge on any atom is 0.254 e. The van der Waals surface area contributed by atoms with E-state index in [1.807, 2.05) is 18.9 Å². The molecule has 1 N–H and O–H groups in total. The Hall–Kier alpha value is -1.13. The second-order valence-electron chi connectivity index (χ2n) is 5.59. The van der Waals surface area contributed by atoms with Gasteiger partial charge in [-0.15, -0.1) is 12.4 Å². The highest BCUT2D eigenvalue weighted by Gasteiger charge is 2.24. The van der Waals surface area contributed by atoms with Gasteiger partial charge >= 0.3 is 0 Å². The van der Waals surface area contributed by atoms with Crippen molar-refractivity contribution in [3.05, 3.63) is 35.1 Å². The molecule has 118 valence electrons. The Kier molecular flexibility index (Phi) is 7.12. The summed E-state index contributed by atoms with van der Waals surface area (Å²) in [6.07, 6.45) is 3.25. The van der Waals surface area contributed by atoms with Gasteiger partial charge in [0, 0.05) is 18.7 Å². The van der Waals surface area contributed by atoms with E-state index < -0.39 is 0 Å². The Labute approximate surface area is 132 Å². The van der Waals surface area contributed by atoms with Crippen molar-refractivity contribution in [1.82, 2.24) is 10.2 Å². The molecule has 0 radical (unpaired) electrons. The van der Waals surface area contributed by atoms with Gasteiger partial charge in [-0.3, -0.25) is 4.79 Å². The molecular weight excluding hydrogens is 291 g/mol. The molecule has 5 heteroatoms. The Morgan fingerprint density at radius 3 is 2.67 bits per heavy atom. The Morgan fingerprint density at radius 2 is 2.05 bits per heavy atom. The summed E-state index contributed by atoms with van der Waals surface area (Å²) in [5.41, 5.74) is 1.34. The number of rotatable bonds is 4. The Bertz CT molecular complexity index is 473. The lowest BCUT2D eigenvalue weighted by Gasteiger charge is -2.32. The van der Waals surface area contributed by atoms with Gasteiger partial charge in [0.25, 0.3) is 5.91 Å². The van der Waals surface area contributed by atoms with E-state index in [2.05, 4.69) is 5.32 Å². The molecule has 1 aromatic rings. The molecule has 2 rings (SSSR count). The van der Waals surface area contributed by atoms with Crippen molar-refractivity contribution in [3.8, 4) is 0 Å². The molecule has 0 unspecified atom stereocenters. The molecule has 3 nitrogen and oxygen atoms in total. The number of hydrogen-bond acceptors (Lipinski definition) is 2. The van der Waals surface area contributed by atoms with E-state index in [1.54, 1.807) is 6.07 Å². The van der Waals surface area contributed by atoms with Crippen LogP contribution in [0, 0.1) is 18.7 Å². The molecule has 0 aromatic heterocycles. The molecule has 1 aromatic carbocycles. The third kappa shape index (κ3) is 4.68. The van der Waals surface area contributed by atoms with Crippen molar-refractivity contribution in [2.24, 2.45) is 5.92 Å². The molecule has 1 amide bonds. The van der Waals surface area contributed by atoms with Gasteiger partial charge in [-0.1, -0.05) is 6.07 Å².